The zero-order valence-electron chi connectivity index (χ0n) is 15.4. The van der Waals surface area contributed by atoms with Gasteiger partial charge >= 0.3 is 0 Å². The van der Waals surface area contributed by atoms with E-state index in [4.69, 9.17) is 0 Å². The molecule has 1 aliphatic rings. The van der Waals surface area contributed by atoms with Gasteiger partial charge in [-0.25, -0.2) is 0 Å². The lowest BCUT2D eigenvalue weighted by atomic mass is 9.90. The van der Waals surface area contributed by atoms with Gasteiger partial charge in [-0.15, -0.1) is 0 Å². The van der Waals surface area contributed by atoms with Crippen LogP contribution in [0.4, 0.5) is 0 Å². The summed E-state index contributed by atoms with van der Waals surface area (Å²) in [4.78, 5) is 13.9. The molecule has 0 aromatic carbocycles. The third kappa shape index (κ3) is 6.91. The van der Waals surface area contributed by atoms with Crippen LogP contribution >= 0.6 is 0 Å². The van der Waals surface area contributed by atoms with E-state index in [1.165, 1.54) is 37.7 Å². The summed E-state index contributed by atoms with van der Waals surface area (Å²) in [5, 5.41) is 0. The maximum absolute atomic E-state index is 11.5. The zero-order chi connectivity index (χ0) is 16.5. The molecule has 0 aromatic rings. The number of carbonyl (C=O) groups excluding carboxylic acids is 1. The second-order valence-electron chi connectivity index (χ2n) is 7.06. The van der Waals surface area contributed by atoms with Crippen molar-refractivity contribution in [3.05, 3.63) is 22.8 Å². The van der Waals surface area contributed by atoms with Crippen LogP contribution in [-0.2, 0) is 4.79 Å². The summed E-state index contributed by atoms with van der Waals surface area (Å²) in [6.45, 7) is 10.5. The number of unbranched alkanes of at least 4 members (excludes halogenated alkanes) is 1. The lowest BCUT2D eigenvalue weighted by Crippen LogP contribution is -2.26. The Morgan fingerprint density at radius 1 is 1.27 bits per heavy atom. The van der Waals surface area contributed by atoms with Gasteiger partial charge in [0.2, 0.25) is 0 Å². The quantitative estimate of drug-likeness (QED) is 0.632. The Balaban J connectivity index is 2.92. The van der Waals surface area contributed by atoms with Crippen molar-refractivity contribution in [1.29, 1.82) is 0 Å². The highest BCUT2D eigenvalue weighted by Crippen LogP contribution is 2.26. The smallest absolute Gasteiger partial charge is 0.133 e. The average Bonchev–Trinajstić information content (AvgIpc) is 2.44. The highest BCUT2D eigenvalue weighted by Gasteiger charge is 2.14. The third-order valence-electron chi connectivity index (χ3n) is 4.59. The standard InChI is InChI=1S/C20H35NO/c1-6-8-9-20-11-10-16(3)12-18(13-17(4)22)14-21(5)15-19(20)7-2/h12,16H,6-11,13-15H2,1-5H3/b18-12?,20-19-. The molecule has 1 aliphatic heterocycles. The van der Waals surface area contributed by atoms with Crippen LogP contribution in [0.3, 0.4) is 0 Å². The minimum Gasteiger partial charge on any atom is -0.300 e. The van der Waals surface area contributed by atoms with Gasteiger partial charge in [0.15, 0.2) is 0 Å². The van der Waals surface area contributed by atoms with E-state index in [1.54, 1.807) is 18.1 Å². The number of hydrogen-bond donors (Lipinski definition) is 0. The highest BCUT2D eigenvalue weighted by molar-refractivity contribution is 5.78. The number of hydrogen-bond acceptors (Lipinski definition) is 2. The van der Waals surface area contributed by atoms with Gasteiger partial charge in [-0.2, -0.15) is 0 Å². The van der Waals surface area contributed by atoms with Crippen molar-refractivity contribution in [2.24, 2.45) is 5.92 Å². The van der Waals surface area contributed by atoms with E-state index >= 15 is 0 Å². The van der Waals surface area contributed by atoms with E-state index < -0.39 is 0 Å². The first-order chi connectivity index (χ1) is 10.5. The molecule has 0 bridgehead atoms. The maximum atomic E-state index is 11.5. The summed E-state index contributed by atoms with van der Waals surface area (Å²) in [5.74, 6) is 0.842. The molecule has 126 valence electrons. The summed E-state index contributed by atoms with van der Waals surface area (Å²) in [6.07, 6.45) is 10.4. The fourth-order valence-corrected chi connectivity index (χ4v) is 3.45. The second kappa shape index (κ2) is 9.99. The minimum absolute atomic E-state index is 0.277. The molecule has 1 heterocycles. The molecule has 1 rings (SSSR count). The summed E-state index contributed by atoms with van der Waals surface area (Å²) in [7, 11) is 2.19. The first-order valence-corrected chi connectivity index (χ1v) is 9.03. The molecule has 2 heteroatoms. The molecule has 2 nitrogen and oxygen atoms in total. The predicted molar refractivity (Wildman–Crippen MR) is 96.1 cm³/mol. The monoisotopic (exact) mass is 305 g/mol. The van der Waals surface area contributed by atoms with Crippen molar-refractivity contribution in [1.82, 2.24) is 4.90 Å². The highest BCUT2D eigenvalue weighted by atomic mass is 16.1. The molecule has 0 aromatic heterocycles. The summed E-state index contributed by atoms with van der Waals surface area (Å²) in [6, 6.07) is 0. The summed E-state index contributed by atoms with van der Waals surface area (Å²) >= 11 is 0. The molecule has 0 fully saturated rings. The molecular formula is C20H35NO. The third-order valence-corrected chi connectivity index (χ3v) is 4.59. The van der Waals surface area contributed by atoms with Gasteiger partial charge in [0.25, 0.3) is 0 Å². The maximum Gasteiger partial charge on any atom is 0.133 e. The van der Waals surface area contributed by atoms with Crippen LogP contribution in [-0.4, -0.2) is 30.8 Å². The molecule has 0 aliphatic carbocycles. The molecule has 0 saturated heterocycles. The van der Waals surface area contributed by atoms with Crippen molar-refractivity contribution in [2.75, 3.05) is 20.1 Å². The Labute approximate surface area is 137 Å². The summed E-state index contributed by atoms with van der Waals surface area (Å²) < 4.78 is 0. The van der Waals surface area contributed by atoms with Gasteiger partial charge in [-0.05, 0) is 52.0 Å². The lowest BCUT2D eigenvalue weighted by molar-refractivity contribution is -0.116. The number of carbonyl (C=O) groups is 1. The minimum atomic E-state index is 0.277. The molecular weight excluding hydrogens is 270 g/mol. The van der Waals surface area contributed by atoms with E-state index in [1.807, 2.05) is 0 Å². The SMILES string of the molecule is CCCC/C1=C(\CC)CN(C)CC(CC(C)=O)=CC(C)CC1. The van der Waals surface area contributed by atoms with Gasteiger partial charge in [-0.3, -0.25) is 9.69 Å². The Morgan fingerprint density at radius 3 is 2.59 bits per heavy atom. The first-order valence-electron chi connectivity index (χ1n) is 9.03. The molecule has 0 amide bonds. The van der Waals surface area contributed by atoms with E-state index in [2.05, 4.69) is 38.8 Å². The summed E-state index contributed by atoms with van der Waals surface area (Å²) in [5.41, 5.74) is 4.63. The first kappa shape index (κ1) is 19.2. The van der Waals surface area contributed by atoms with Crippen LogP contribution < -0.4 is 0 Å². The van der Waals surface area contributed by atoms with Gasteiger partial charge in [-0.1, -0.05) is 50.0 Å². The number of allylic oxidation sites excluding steroid dienone is 2. The normalized spacial score (nSPS) is 25.0. The van der Waals surface area contributed by atoms with Crippen LogP contribution in [0.25, 0.3) is 0 Å². The van der Waals surface area contributed by atoms with Crippen molar-refractivity contribution < 1.29 is 4.79 Å². The molecule has 0 radical (unpaired) electrons. The van der Waals surface area contributed by atoms with Crippen molar-refractivity contribution >= 4 is 5.78 Å². The number of ketones is 1. The van der Waals surface area contributed by atoms with Crippen molar-refractivity contribution in [2.45, 2.75) is 72.6 Å². The Bertz CT molecular complexity index is 419. The fourth-order valence-electron chi connectivity index (χ4n) is 3.45. The van der Waals surface area contributed by atoms with Gasteiger partial charge in [0.1, 0.15) is 5.78 Å². The van der Waals surface area contributed by atoms with Crippen molar-refractivity contribution in [3.63, 3.8) is 0 Å². The molecule has 1 unspecified atom stereocenters. The second-order valence-corrected chi connectivity index (χ2v) is 7.06. The van der Waals surface area contributed by atoms with Gasteiger partial charge < -0.3 is 0 Å². The van der Waals surface area contributed by atoms with Gasteiger partial charge in [0, 0.05) is 19.5 Å². The largest absolute Gasteiger partial charge is 0.300 e. The van der Waals surface area contributed by atoms with E-state index in [0.29, 0.717) is 12.3 Å². The Kier molecular flexibility index (Phi) is 8.70. The van der Waals surface area contributed by atoms with Crippen LogP contribution in [0.5, 0.6) is 0 Å². The molecule has 0 N–H and O–H groups in total. The number of nitrogens with zero attached hydrogens (tertiary/aromatic N) is 1. The molecule has 1 atom stereocenters. The number of likely N-dealkylation sites (N-methyl/N-ethyl adjacent to an activating group) is 1. The predicted octanol–water partition coefficient (Wildman–Crippen LogP) is 5.15. The Hall–Kier alpha value is -0.890. The topological polar surface area (TPSA) is 20.3 Å². The lowest BCUT2D eigenvalue weighted by Gasteiger charge is -2.25. The fraction of sp³-hybridized carbons (Fsp3) is 0.750. The Morgan fingerprint density at radius 2 is 2.00 bits per heavy atom. The van der Waals surface area contributed by atoms with Crippen LogP contribution in [0.2, 0.25) is 0 Å². The van der Waals surface area contributed by atoms with Gasteiger partial charge in [0.05, 0.1) is 0 Å². The van der Waals surface area contributed by atoms with E-state index in [0.717, 1.165) is 19.5 Å². The number of Topliss-reactive ketones (excluding diaryl/α,β-unsaturated/α-hetero) is 1. The zero-order valence-corrected chi connectivity index (χ0v) is 15.4. The van der Waals surface area contributed by atoms with Crippen LogP contribution in [0.15, 0.2) is 22.8 Å². The molecule has 22 heavy (non-hydrogen) atoms. The van der Waals surface area contributed by atoms with E-state index in [-0.39, 0.29) is 5.78 Å². The van der Waals surface area contributed by atoms with Crippen LogP contribution in [0, 0.1) is 5.92 Å². The average molecular weight is 306 g/mol. The van der Waals surface area contributed by atoms with E-state index in [9.17, 15) is 4.79 Å². The molecule has 0 saturated carbocycles. The number of rotatable bonds is 6. The molecule has 0 spiro atoms. The van der Waals surface area contributed by atoms with Crippen molar-refractivity contribution in [3.8, 4) is 0 Å². The van der Waals surface area contributed by atoms with Crippen LogP contribution in [0.1, 0.15) is 72.6 Å².